The van der Waals surface area contributed by atoms with Crippen molar-refractivity contribution in [1.29, 1.82) is 0 Å². The number of rotatable bonds is 4. The van der Waals surface area contributed by atoms with E-state index in [1.807, 2.05) is 11.0 Å². The summed E-state index contributed by atoms with van der Waals surface area (Å²) in [5, 5.41) is 3.33. The molecule has 164 valence electrons. The van der Waals surface area contributed by atoms with Crippen LogP contribution < -0.4 is 5.32 Å². The maximum absolute atomic E-state index is 14.2. The molecule has 5 rings (SSSR count). The number of nitrogens with zero attached hydrogens (tertiary/aromatic N) is 1. The van der Waals surface area contributed by atoms with Gasteiger partial charge in [-0.1, -0.05) is 18.2 Å². The number of hydrogen-bond donors (Lipinski definition) is 1. The summed E-state index contributed by atoms with van der Waals surface area (Å²) in [4.78, 5) is 15.9. The summed E-state index contributed by atoms with van der Waals surface area (Å²) >= 11 is 0. The van der Waals surface area contributed by atoms with Crippen molar-refractivity contribution in [3.05, 3.63) is 69.8 Å². The Morgan fingerprint density at radius 3 is 2.77 bits per heavy atom. The standard InChI is InChI=1S/C25H28F2N2O2/c1-15-4-3-5-17(16(15)2)13-29(19-6-7-19)24(30)21-12-28-9-8-25(21)20-11-23(27)22(26)10-18(20)14-31-25/h3-5,10-11,19,21,28H,6-9,12-14H2,1-2H3. The van der Waals surface area contributed by atoms with E-state index in [1.54, 1.807) is 0 Å². The lowest BCUT2D eigenvalue weighted by Gasteiger charge is -2.43. The minimum Gasteiger partial charge on any atom is -0.365 e. The van der Waals surface area contributed by atoms with Gasteiger partial charge in [0.1, 0.15) is 5.60 Å². The van der Waals surface area contributed by atoms with Crippen LogP contribution in [0.3, 0.4) is 0 Å². The van der Waals surface area contributed by atoms with E-state index in [4.69, 9.17) is 4.74 Å². The number of aryl methyl sites for hydroxylation is 1. The highest BCUT2D eigenvalue weighted by Crippen LogP contribution is 2.48. The van der Waals surface area contributed by atoms with Gasteiger partial charge in [0.05, 0.1) is 12.5 Å². The van der Waals surface area contributed by atoms with Crippen molar-refractivity contribution >= 4 is 5.91 Å². The average Bonchev–Trinajstić information content (AvgIpc) is 3.55. The van der Waals surface area contributed by atoms with E-state index in [0.717, 1.165) is 18.4 Å². The van der Waals surface area contributed by atoms with Crippen LogP contribution in [0.1, 0.15) is 47.1 Å². The van der Waals surface area contributed by atoms with Gasteiger partial charge >= 0.3 is 0 Å². The first-order valence-electron chi connectivity index (χ1n) is 11.1. The Labute approximate surface area is 181 Å². The molecule has 1 aliphatic carbocycles. The zero-order chi connectivity index (χ0) is 21.8. The highest BCUT2D eigenvalue weighted by Gasteiger charge is 2.53. The van der Waals surface area contributed by atoms with Crippen LogP contribution in [0.4, 0.5) is 8.78 Å². The number of nitrogens with one attached hydrogen (secondary N) is 1. The molecule has 0 aromatic heterocycles. The number of fused-ring (bicyclic) bond motifs is 2. The van der Waals surface area contributed by atoms with Crippen LogP contribution >= 0.6 is 0 Å². The Morgan fingerprint density at radius 1 is 1.23 bits per heavy atom. The van der Waals surface area contributed by atoms with Gasteiger partial charge in [-0.2, -0.15) is 0 Å². The minimum atomic E-state index is -0.902. The Kier molecular flexibility index (Phi) is 5.10. The largest absolute Gasteiger partial charge is 0.365 e. The van der Waals surface area contributed by atoms with Gasteiger partial charge in [0.25, 0.3) is 0 Å². The lowest BCUT2D eigenvalue weighted by molar-refractivity contribution is -0.157. The van der Waals surface area contributed by atoms with Gasteiger partial charge in [-0.25, -0.2) is 8.78 Å². The molecular weight excluding hydrogens is 398 g/mol. The highest BCUT2D eigenvalue weighted by atomic mass is 19.2. The number of halogens is 2. The molecule has 2 aromatic carbocycles. The van der Waals surface area contributed by atoms with Crippen molar-refractivity contribution in [2.75, 3.05) is 13.1 Å². The fourth-order valence-electron chi connectivity index (χ4n) is 5.17. The van der Waals surface area contributed by atoms with Crippen molar-refractivity contribution in [3.63, 3.8) is 0 Å². The Bertz CT molecular complexity index is 1040. The topological polar surface area (TPSA) is 41.6 Å². The molecule has 2 atom stereocenters. The second-order valence-electron chi connectivity index (χ2n) is 9.16. The summed E-state index contributed by atoms with van der Waals surface area (Å²) in [6.07, 6.45) is 2.56. The van der Waals surface area contributed by atoms with E-state index in [2.05, 4.69) is 31.3 Å². The van der Waals surface area contributed by atoms with Crippen LogP contribution in [0.5, 0.6) is 0 Å². The van der Waals surface area contributed by atoms with E-state index in [1.165, 1.54) is 23.3 Å². The van der Waals surface area contributed by atoms with Crippen LogP contribution in [0.2, 0.25) is 0 Å². The first kappa shape index (κ1) is 20.6. The minimum absolute atomic E-state index is 0.0354. The summed E-state index contributed by atoms with van der Waals surface area (Å²) in [5.41, 5.74) is 3.94. The molecule has 31 heavy (non-hydrogen) atoms. The molecule has 1 amide bonds. The van der Waals surface area contributed by atoms with E-state index in [9.17, 15) is 13.6 Å². The fourth-order valence-corrected chi connectivity index (χ4v) is 5.17. The second kappa shape index (κ2) is 7.68. The van der Waals surface area contributed by atoms with Crippen LogP contribution in [0, 0.1) is 31.4 Å². The third-order valence-electron chi connectivity index (χ3n) is 7.30. The highest BCUT2D eigenvalue weighted by molar-refractivity contribution is 5.82. The molecule has 0 radical (unpaired) electrons. The maximum atomic E-state index is 14.2. The second-order valence-corrected chi connectivity index (χ2v) is 9.16. The number of benzene rings is 2. The Morgan fingerprint density at radius 2 is 2.00 bits per heavy atom. The van der Waals surface area contributed by atoms with E-state index >= 15 is 0 Å². The molecular formula is C25H28F2N2O2. The molecule has 3 aliphatic rings. The molecule has 6 heteroatoms. The summed E-state index contributed by atoms with van der Waals surface area (Å²) in [6, 6.07) is 8.90. The lowest BCUT2D eigenvalue weighted by atomic mass is 9.75. The molecule has 1 N–H and O–H groups in total. The molecule has 2 heterocycles. The molecule has 1 saturated carbocycles. The van der Waals surface area contributed by atoms with Crippen molar-refractivity contribution in [2.24, 2.45) is 5.92 Å². The molecule has 2 aliphatic heterocycles. The molecule has 0 bridgehead atoms. The Balaban J connectivity index is 1.50. The first-order valence-corrected chi connectivity index (χ1v) is 11.1. The predicted octanol–water partition coefficient (Wildman–Crippen LogP) is 4.11. The molecule has 4 nitrogen and oxygen atoms in total. The summed E-state index contributed by atoms with van der Waals surface area (Å²) in [7, 11) is 0. The molecule has 1 saturated heterocycles. The Hall–Kier alpha value is -2.31. The first-order chi connectivity index (χ1) is 14.9. The van der Waals surface area contributed by atoms with E-state index in [0.29, 0.717) is 37.2 Å². The fraction of sp³-hybridized carbons (Fsp3) is 0.480. The van der Waals surface area contributed by atoms with Gasteiger partial charge in [0.15, 0.2) is 11.6 Å². The average molecular weight is 427 g/mol. The SMILES string of the molecule is Cc1cccc(CN(C(=O)C2CNCCC23OCc2cc(F)c(F)cc23)C2CC2)c1C. The maximum Gasteiger partial charge on any atom is 0.230 e. The summed E-state index contributed by atoms with van der Waals surface area (Å²) in [6.45, 7) is 6.08. The van der Waals surface area contributed by atoms with Crippen molar-refractivity contribution < 1.29 is 18.3 Å². The van der Waals surface area contributed by atoms with Gasteiger partial charge in [-0.05, 0) is 79.6 Å². The third kappa shape index (κ3) is 3.46. The van der Waals surface area contributed by atoms with Crippen LogP contribution in [-0.4, -0.2) is 29.9 Å². The van der Waals surface area contributed by atoms with Gasteiger partial charge in [0.2, 0.25) is 5.91 Å². The van der Waals surface area contributed by atoms with Gasteiger partial charge < -0.3 is 15.0 Å². The van der Waals surface area contributed by atoms with Gasteiger partial charge in [-0.3, -0.25) is 4.79 Å². The number of piperidine rings is 1. The molecule has 2 unspecified atom stereocenters. The predicted molar refractivity (Wildman–Crippen MR) is 113 cm³/mol. The monoisotopic (exact) mass is 426 g/mol. The molecule has 2 aromatic rings. The smallest absolute Gasteiger partial charge is 0.230 e. The summed E-state index contributed by atoms with van der Waals surface area (Å²) in [5.74, 6) is -2.19. The van der Waals surface area contributed by atoms with Crippen molar-refractivity contribution in [2.45, 2.75) is 57.9 Å². The number of amides is 1. The van der Waals surface area contributed by atoms with E-state index in [-0.39, 0.29) is 18.6 Å². The van der Waals surface area contributed by atoms with Crippen molar-refractivity contribution in [1.82, 2.24) is 10.2 Å². The zero-order valence-corrected chi connectivity index (χ0v) is 18.0. The van der Waals surface area contributed by atoms with E-state index < -0.39 is 23.2 Å². The van der Waals surface area contributed by atoms with Crippen LogP contribution in [0.15, 0.2) is 30.3 Å². The zero-order valence-electron chi connectivity index (χ0n) is 18.0. The van der Waals surface area contributed by atoms with Crippen LogP contribution in [-0.2, 0) is 28.3 Å². The molecule has 1 spiro atoms. The van der Waals surface area contributed by atoms with Gasteiger partial charge in [-0.15, -0.1) is 0 Å². The van der Waals surface area contributed by atoms with Crippen LogP contribution in [0.25, 0.3) is 0 Å². The lowest BCUT2D eigenvalue weighted by Crippen LogP contribution is -2.55. The molecule has 2 fully saturated rings. The number of carbonyl (C=O) groups is 1. The number of carbonyl (C=O) groups excluding carboxylic acids is 1. The number of ether oxygens (including phenoxy) is 1. The third-order valence-corrected chi connectivity index (χ3v) is 7.30. The quantitative estimate of drug-likeness (QED) is 0.800. The van der Waals surface area contributed by atoms with Gasteiger partial charge in [0, 0.05) is 19.1 Å². The van der Waals surface area contributed by atoms with Crippen molar-refractivity contribution in [3.8, 4) is 0 Å². The number of hydrogen-bond acceptors (Lipinski definition) is 3. The summed E-state index contributed by atoms with van der Waals surface area (Å²) < 4.78 is 34.2. The normalized spacial score (nSPS) is 25.0.